The molecule has 1 heterocycles. The Morgan fingerprint density at radius 2 is 2.35 bits per heavy atom. The molecule has 0 saturated heterocycles. The Labute approximate surface area is 101 Å². The first kappa shape index (κ1) is 11.3. The van der Waals surface area contributed by atoms with E-state index in [0.717, 1.165) is 5.56 Å². The average molecular weight is 255 g/mol. The number of hydrogen-bond acceptors (Lipinski definition) is 4. The molecule has 1 aromatic heterocycles. The molecule has 0 unspecified atom stereocenters. The van der Waals surface area contributed by atoms with E-state index in [-0.39, 0.29) is 10.7 Å². The van der Waals surface area contributed by atoms with Crippen LogP contribution in [-0.2, 0) is 6.54 Å². The van der Waals surface area contributed by atoms with Gasteiger partial charge in [0.05, 0.1) is 4.92 Å². The lowest BCUT2D eigenvalue weighted by Crippen LogP contribution is -2.42. The summed E-state index contributed by atoms with van der Waals surface area (Å²) in [6.07, 6.45) is 3.00. The molecule has 0 spiro atoms. The quantitative estimate of drug-likeness (QED) is 0.374. The van der Waals surface area contributed by atoms with E-state index in [1.807, 2.05) is 0 Å². The van der Waals surface area contributed by atoms with E-state index < -0.39 is 4.92 Å². The Balaban J connectivity index is 2.28. The average Bonchev–Trinajstić information content (AvgIpc) is 2.66. The molecule has 0 bridgehead atoms. The second-order valence-corrected chi connectivity index (χ2v) is 3.84. The first-order valence-electron chi connectivity index (χ1n) is 4.68. The van der Waals surface area contributed by atoms with Gasteiger partial charge < -0.3 is 0 Å². The van der Waals surface area contributed by atoms with Crippen LogP contribution in [0.25, 0.3) is 0 Å². The van der Waals surface area contributed by atoms with Gasteiger partial charge in [0, 0.05) is 11.2 Å². The Bertz CT molecular complexity index is 568. The van der Waals surface area contributed by atoms with Crippen molar-refractivity contribution >= 4 is 17.3 Å². The lowest BCUT2D eigenvalue weighted by Gasteiger charge is -1.98. The maximum atomic E-state index is 10.7. The van der Waals surface area contributed by atoms with Crippen molar-refractivity contribution in [3.05, 3.63) is 51.6 Å². The number of hydrogen-bond donors (Lipinski definition) is 1. The minimum atomic E-state index is -0.516. The predicted molar refractivity (Wildman–Crippen MR) is 59.8 cm³/mol. The largest absolute Gasteiger partial charge is 0.289 e. The summed E-state index contributed by atoms with van der Waals surface area (Å²) in [6.45, 7) is 0.391. The van der Waals surface area contributed by atoms with Crippen molar-refractivity contribution < 1.29 is 9.60 Å². The molecule has 1 aromatic carbocycles. The van der Waals surface area contributed by atoms with Crippen molar-refractivity contribution in [2.24, 2.45) is 0 Å². The highest BCUT2D eigenvalue weighted by molar-refractivity contribution is 6.32. The Morgan fingerprint density at radius 1 is 1.59 bits per heavy atom. The van der Waals surface area contributed by atoms with E-state index in [9.17, 15) is 10.1 Å². The minimum absolute atomic E-state index is 0.114. The Hall–Kier alpha value is -2.15. The Kier molecular flexibility index (Phi) is 2.92. The summed E-state index contributed by atoms with van der Waals surface area (Å²) < 4.78 is 2.86. The molecular formula is C9H9ClN5O2+. The molecule has 8 heteroatoms. The summed E-state index contributed by atoms with van der Waals surface area (Å²) in [4.78, 5) is 10.2. The summed E-state index contributed by atoms with van der Waals surface area (Å²) in [5.74, 6) is 5.44. The zero-order valence-electron chi connectivity index (χ0n) is 8.65. The van der Waals surface area contributed by atoms with Gasteiger partial charge in [-0.05, 0) is 11.6 Å². The molecule has 0 aliphatic rings. The van der Waals surface area contributed by atoms with Crippen LogP contribution in [0.1, 0.15) is 5.56 Å². The smallest absolute Gasteiger partial charge is 0.288 e. The van der Waals surface area contributed by atoms with Gasteiger partial charge in [0.25, 0.3) is 12.0 Å². The zero-order chi connectivity index (χ0) is 12.4. The van der Waals surface area contributed by atoms with Gasteiger partial charge in [-0.15, -0.1) is 9.36 Å². The van der Waals surface area contributed by atoms with Gasteiger partial charge in [0.15, 0.2) is 0 Å². The van der Waals surface area contributed by atoms with Gasteiger partial charge in [-0.1, -0.05) is 17.7 Å². The van der Waals surface area contributed by atoms with E-state index in [4.69, 9.17) is 17.4 Å². The molecule has 0 aliphatic heterocycles. The molecule has 88 valence electrons. The van der Waals surface area contributed by atoms with Gasteiger partial charge in [0.1, 0.15) is 11.6 Å². The second-order valence-electron chi connectivity index (χ2n) is 3.43. The molecule has 2 aromatic rings. The topological polar surface area (TPSA) is 90.9 Å². The number of nitrogen functional groups attached to an aromatic ring is 1. The lowest BCUT2D eigenvalue weighted by atomic mass is 10.2. The van der Waals surface area contributed by atoms with Crippen molar-refractivity contribution in [3.63, 3.8) is 0 Å². The molecule has 2 rings (SSSR count). The van der Waals surface area contributed by atoms with Gasteiger partial charge in [-0.3, -0.25) is 16.0 Å². The normalized spacial score (nSPS) is 10.4. The molecule has 0 radical (unpaired) electrons. The van der Waals surface area contributed by atoms with Crippen molar-refractivity contribution in [2.45, 2.75) is 6.54 Å². The van der Waals surface area contributed by atoms with Gasteiger partial charge in [0.2, 0.25) is 6.33 Å². The van der Waals surface area contributed by atoms with Crippen LogP contribution < -0.4 is 10.5 Å². The first-order valence-corrected chi connectivity index (χ1v) is 5.05. The number of rotatable bonds is 3. The molecule has 0 aliphatic carbocycles. The van der Waals surface area contributed by atoms with Crippen molar-refractivity contribution in [1.29, 1.82) is 0 Å². The van der Waals surface area contributed by atoms with Crippen molar-refractivity contribution in [2.75, 3.05) is 5.84 Å². The van der Waals surface area contributed by atoms with Gasteiger partial charge >= 0.3 is 0 Å². The summed E-state index contributed by atoms with van der Waals surface area (Å²) in [5.41, 5.74) is 0.613. The number of halogens is 1. The third-order valence-corrected chi connectivity index (χ3v) is 2.47. The summed E-state index contributed by atoms with van der Waals surface area (Å²) >= 11 is 5.71. The summed E-state index contributed by atoms with van der Waals surface area (Å²) in [7, 11) is 0. The molecule has 17 heavy (non-hydrogen) atoms. The SMILES string of the molecule is N[n+]1cnn(Cc2ccc(Cl)c([N+](=O)[O-])c2)c1. The van der Waals surface area contributed by atoms with Crippen molar-refractivity contribution in [3.8, 4) is 0 Å². The van der Waals surface area contributed by atoms with Crippen LogP contribution in [0, 0.1) is 10.1 Å². The van der Waals surface area contributed by atoms with Crippen molar-refractivity contribution in [1.82, 2.24) is 9.78 Å². The van der Waals surface area contributed by atoms with E-state index >= 15 is 0 Å². The van der Waals surface area contributed by atoms with E-state index in [0.29, 0.717) is 6.54 Å². The fourth-order valence-corrected chi connectivity index (χ4v) is 1.59. The molecule has 0 fully saturated rings. The van der Waals surface area contributed by atoms with E-state index in [2.05, 4.69) is 5.10 Å². The number of nitro groups is 1. The molecular weight excluding hydrogens is 246 g/mol. The monoisotopic (exact) mass is 254 g/mol. The maximum Gasteiger partial charge on any atom is 0.288 e. The standard InChI is InChI=1S/C9H9ClN5O2/c10-8-2-1-7(3-9(8)15(16)17)4-14-6-13(11)5-12-14/h1-3,5-6H,4,11H2/q+1. The zero-order valence-corrected chi connectivity index (χ0v) is 9.41. The fourth-order valence-electron chi connectivity index (χ4n) is 1.40. The molecule has 0 saturated carbocycles. The van der Waals surface area contributed by atoms with Crippen LogP contribution >= 0.6 is 11.6 Å². The number of nitrogens with two attached hydrogens (primary N) is 1. The number of benzene rings is 1. The van der Waals surface area contributed by atoms with Gasteiger partial charge in [-0.2, -0.15) is 0 Å². The lowest BCUT2D eigenvalue weighted by molar-refractivity contribution is -0.639. The van der Waals surface area contributed by atoms with Crippen LogP contribution in [0.5, 0.6) is 0 Å². The molecule has 0 atom stereocenters. The second kappa shape index (κ2) is 4.38. The third kappa shape index (κ3) is 2.51. The first-order chi connectivity index (χ1) is 8.06. The predicted octanol–water partition coefficient (Wildman–Crippen LogP) is 0.494. The molecule has 7 nitrogen and oxygen atoms in total. The third-order valence-electron chi connectivity index (χ3n) is 2.15. The molecule has 2 N–H and O–H groups in total. The number of nitro benzene ring substituents is 1. The van der Waals surface area contributed by atoms with Gasteiger partial charge in [-0.25, -0.2) is 0 Å². The van der Waals surface area contributed by atoms with Crippen LogP contribution in [0.4, 0.5) is 5.69 Å². The van der Waals surface area contributed by atoms with E-state index in [1.165, 1.54) is 23.1 Å². The maximum absolute atomic E-state index is 10.7. The highest BCUT2D eigenvalue weighted by Gasteiger charge is 2.14. The number of aromatic nitrogens is 3. The van der Waals surface area contributed by atoms with Crippen LogP contribution in [0.2, 0.25) is 5.02 Å². The van der Waals surface area contributed by atoms with Crippen LogP contribution in [0.15, 0.2) is 30.9 Å². The minimum Gasteiger partial charge on any atom is -0.289 e. The van der Waals surface area contributed by atoms with E-state index in [1.54, 1.807) is 17.1 Å². The van der Waals surface area contributed by atoms with Crippen LogP contribution in [0.3, 0.4) is 0 Å². The van der Waals surface area contributed by atoms with Crippen LogP contribution in [-0.4, -0.2) is 14.7 Å². The summed E-state index contributed by atoms with van der Waals surface area (Å²) in [5, 5.41) is 14.8. The Morgan fingerprint density at radius 3 is 2.94 bits per heavy atom. The highest BCUT2D eigenvalue weighted by Crippen LogP contribution is 2.25. The highest BCUT2D eigenvalue weighted by atomic mass is 35.5. The fraction of sp³-hybridized carbons (Fsp3) is 0.111. The summed E-state index contributed by atoms with van der Waals surface area (Å²) in [6, 6.07) is 4.62. The molecule has 0 amide bonds. The number of nitrogens with zero attached hydrogens (tertiary/aromatic N) is 4.